The molecule has 0 saturated carbocycles. The second-order valence-corrected chi connectivity index (χ2v) is 6.69. The smallest absolute Gasteiger partial charge is 0.254 e. The van der Waals surface area contributed by atoms with Gasteiger partial charge in [0.2, 0.25) is 0 Å². The van der Waals surface area contributed by atoms with E-state index in [1.165, 1.54) is 16.4 Å². The summed E-state index contributed by atoms with van der Waals surface area (Å²) in [4.78, 5) is 0.366. The van der Waals surface area contributed by atoms with Crippen molar-refractivity contribution in [2.45, 2.75) is 10.4 Å². The summed E-state index contributed by atoms with van der Waals surface area (Å²) in [5, 5.41) is 8.69. The quantitative estimate of drug-likeness (QED) is 0.813. The van der Waals surface area contributed by atoms with E-state index in [1.807, 2.05) is 6.07 Å². The Morgan fingerprint density at radius 1 is 1.59 bits per heavy atom. The zero-order valence-electron chi connectivity index (χ0n) is 8.87. The minimum Gasteiger partial charge on any atom is -0.377 e. The summed E-state index contributed by atoms with van der Waals surface area (Å²) >= 11 is 0.948. The molecule has 0 amide bonds. The van der Waals surface area contributed by atoms with Crippen LogP contribution in [0.3, 0.4) is 0 Å². The fourth-order valence-electron chi connectivity index (χ4n) is 1.54. The van der Waals surface area contributed by atoms with E-state index >= 15 is 0 Å². The van der Waals surface area contributed by atoms with Crippen LogP contribution < -0.4 is 5.73 Å². The Morgan fingerprint density at radius 2 is 2.35 bits per heavy atom. The van der Waals surface area contributed by atoms with Crippen molar-refractivity contribution in [3.05, 3.63) is 17.0 Å². The van der Waals surface area contributed by atoms with Gasteiger partial charge in [-0.25, -0.2) is 8.42 Å². The van der Waals surface area contributed by atoms with Gasteiger partial charge in [0.05, 0.1) is 19.4 Å². The number of nitriles is 1. The number of nitrogens with two attached hydrogens (primary N) is 1. The third kappa shape index (κ3) is 2.34. The van der Waals surface area contributed by atoms with Gasteiger partial charge in [-0.2, -0.15) is 9.57 Å². The van der Waals surface area contributed by atoms with Gasteiger partial charge in [0.1, 0.15) is 15.2 Å². The van der Waals surface area contributed by atoms with Crippen molar-refractivity contribution in [3.63, 3.8) is 0 Å². The Labute approximate surface area is 103 Å². The van der Waals surface area contributed by atoms with E-state index in [0.29, 0.717) is 11.5 Å². The maximum absolute atomic E-state index is 12.2. The Bertz CT molecular complexity index is 546. The highest BCUT2D eigenvalue weighted by molar-refractivity contribution is 7.91. The summed E-state index contributed by atoms with van der Waals surface area (Å²) in [6.07, 6.45) is -0.665. The molecule has 17 heavy (non-hydrogen) atoms. The molecule has 1 atom stereocenters. The average molecular weight is 273 g/mol. The van der Waals surface area contributed by atoms with Crippen molar-refractivity contribution >= 4 is 21.4 Å². The molecule has 1 aromatic heterocycles. The summed E-state index contributed by atoms with van der Waals surface area (Å²) in [5.74, 6) is 0. The van der Waals surface area contributed by atoms with Crippen LogP contribution in [-0.4, -0.2) is 38.6 Å². The standard InChI is InChI=1S/C9H11N3O3S2/c10-5-7-1-2-9(16-7)17(13,14)12-3-4-15-6-8(12)11/h1-2,8H,3-4,6,11H2. The summed E-state index contributed by atoms with van der Waals surface area (Å²) in [6.45, 7) is 0.766. The van der Waals surface area contributed by atoms with Gasteiger partial charge in [0.25, 0.3) is 10.0 Å². The number of rotatable bonds is 2. The molecule has 6 nitrogen and oxygen atoms in total. The van der Waals surface area contributed by atoms with E-state index in [4.69, 9.17) is 15.7 Å². The van der Waals surface area contributed by atoms with Crippen LogP contribution in [0, 0.1) is 11.3 Å². The maximum atomic E-state index is 12.2. The van der Waals surface area contributed by atoms with Crippen LogP contribution in [-0.2, 0) is 14.8 Å². The molecule has 0 radical (unpaired) electrons. The van der Waals surface area contributed by atoms with Gasteiger partial charge >= 0.3 is 0 Å². The van der Waals surface area contributed by atoms with Crippen LogP contribution in [0.4, 0.5) is 0 Å². The normalized spacial score (nSPS) is 22.2. The van der Waals surface area contributed by atoms with Crippen LogP contribution in [0.25, 0.3) is 0 Å². The first-order chi connectivity index (χ1) is 8.05. The molecule has 2 heterocycles. The van der Waals surface area contributed by atoms with E-state index < -0.39 is 16.2 Å². The molecule has 1 unspecified atom stereocenters. The highest BCUT2D eigenvalue weighted by Crippen LogP contribution is 2.25. The topological polar surface area (TPSA) is 96.4 Å². The average Bonchev–Trinajstić information content (AvgIpc) is 2.78. The molecule has 1 saturated heterocycles. The molecule has 0 bridgehead atoms. The Balaban J connectivity index is 2.32. The molecule has 1 aliphatic rings. The van der Waals surface area contributed by atoms with Gasteiger partial charge in [-0.1, -0.05) is 0 Å². The molecule has 0 aromatic carbocycles. The van der Waals surface area contributed by atoms with E-state index in [9.17, 15) is 8.42 Å². The Hall–Kier alpha value is -0.980. The minimum absolute atomic E-state index is 0.145. The molecule has 2 rings (SSSR count). The predicted octanol–water partition coefficient (Wildman–Crippen LogP) is -0.0745. The number of hydrogen-bond donors (Lipinski definition) is 1. The van der Waals surface area contributed by atoms with Crippen molar-refractivity contribution in [3.8, 4) is 6.07 Å². The number of nitrogens with zero attached hydrogens (tertiary/aromatic N) is 2. The molecule has 2 N–H and O–H groups in total. The van der Waals surface area contributed by atoms with E-state index in [-0.39, 0.29) is 17.4 Å². The molecule has 8 heteroatoms. The largest absolute Gasteiger partial charge is 0.377 e. The van der Waals surface area contributed by atoms with Crippen LogP contribution in [0.1, 0.15) is 4.88 Å². The molecular weight excluding hydrogens is 262 g/mol. The molecule has 1 aliphatic heterocycles. The van der Waals surface area contributed by atoms with Crippen molar-refractivity contribution < 1.29 is 13.2 Å². The lowest BCUT2D eigenvalue weighted by Gasteiger charge is -2.31. The summed E-state index contributed by atoms with van der Waals surface area (Å²) in [7, 11) is -3.60. The lowest BCUT2D eigenvalue weighted by Crippen LogP contribution is -2.53. The highest BCUT2D eigenvalue weighted by Gasteiger charge is 2.32. The summed E-state index contributed by atoms with van der Waals surface area (Å²) in [6, 6.07) is 4.83. The van der Waals surface area contributed by atoms with Crippen LogP contribution in [0.5, 0.6) is 0 Å². The van der Waals surface area contributed by atoms with Crippen molar-refractivity contribution in [2.24, 2.45) is 5.73 Å². The number of sulfonamides is 1. The van der Waals surface area contributed by atoms with E-state index in [2.05, 4.69) is 0 Å². The zero-order valence-corrected chi connectivity index (χ0v) is 10.5. The van der Waals surface area contributed by atoms with Crippen LogP contribution in [0.2, 0.25) is 0 Å². The first kappa shape index (κ1) is 12.5. The summed E-state index contributed by atoms with van der Waals surface area (Å²) in [5.41, 5.74) is 5.70. The molecule has 1 fully saturated rings. The second-order valence-electron chi connectivity index (χ2n) is 3.49. The third-order valence-corrected chi connectivity index (χ3v) is 5.75. The second kappa shape index (κ2) is 4.72. The van der Waals surface area contributed by atoms with Gasteiger partial charge < -0.3 is 10.5 Å². The van der Waals surface area contributed by atoms with Gasteiger partial charge in [-0.15, -0.1) is 11.3 Å². The SMILES string of the molecule is N#Cc1ccc(S(=O)(=O)N2CCOCC2N)s1. The first-order valence-corrected chi connectivity index (χ1v) is 7.16. The molecule has 92 valence electrons. The van der Waals surface area contributed by atoms with Gasteiger partial charge in [0, 0.05) is 6.54 Å². The highest BCUT2D eigenvalue weighted by atomic mass is 32.2. The number of hydrogen-bond acceptors (Lipinski definition) is 6. The van der Waals surface area contributed by atoms with Gasteiger partial charge in [-0.3, -0.25) is 0 Å². The zero-order chi connectivity index (χ0) is 12.5. The third-order valence-electron chi connectivity index (χ3n) is 2.37. The molecule has 0 spiro atoms. The molecule has 1 aromatic rings. The molecule has 0 aliphatic carbocycles. The van der Waals surface area contributed by atoms with Gasteiger partial charge in [-0.05, 0) is 12.1 Å². The predicted molar refractivity (Wildman–Crippen MR) is 61.7 cm³/mol. The lowest BCUT2D eigenvalue weighted by molar-refractivity contribution is 0.0351. The number of morpholine rings is 1. The molecular formula is C9H11N3O3S2. The van der Waals surface area contributed by atoms with Gasteiger partial charge in [0.15, 0.2) is 0 Å². The van der Waals surface area contributed by atoms with E-state index in [1.54, 1.807) is 0 Å². The lowest BCUT2D eigenvalue weighted by atomic mass is 10.4. The Kier molecular flexibility index (Phi) is 3.46. The fraction of sp³-hybridized carbons (Fsp3) is 0.444. The van der Waals surface area contributed by atoms with Crippen LogP contribution in [0.15, 0.2) is 16.3 Å². The number of ether oxygens (including phenoxy) is 1. The Morgan fingerprint density at radius 3 is 2.94 bits per heavy atom. The first-order valence-electron chi connectivity index (χ1n) is 4.91. The number of thiophene rings is 1. The van der Waals surface area contributed by atoms with Crippen molar-refractivity contribution in [1.82, 2.24) is 4.31 Å². The van der Waals surface area contributed by atoms with E-state index in [0.717, 1.165) is 11.3 Å². The van der Waals surface area contributed by atoms with Crippen LogP contribution >= 0.6 is 11.3 Å². The van der Waals surface area contributed by atoms with Crippen molar-refractivity contribution in [2.75, 3.05) is 19.8 Å². The summed E-state index contributed by atoms with van der Waals surface area (Å²) < 4.78 is 30.9. The monoisotopic (exact) mass is 273 g/mol. The minimum atomic E-state index is -3.60. The fourth-order valence-corrected chi connectivity index (χ4v) is 4.26. The maximum Gasteiger partial charge on any atom is 0.254 e. The van der Waals surface area contributed by atoms with Crippen molar-refractivity contribution in [1.29, 1.82) is 5.26 Å².